The number of hydrogen-bond donors (Lipinski definition) is 0. The van der Waals surface area contributed by atoms with Gasteiger partial charge in [-0.15, -0.1) is 0 Å². The third kappa shape index (κ3) is 2.49. The summed E-state index contributed by atoms with van der Waals surface area (Å²) in [6.07, 6.45) is 3.46. The summed E-state index contributed by atoms with van der Waals surface area (Å²) in [5, 5.41) is 0. The fraction of sp³-hybridized carbons (Fsp3) is 0.316. The summed E-state index contributed by atoms with van der Waals surface area (Å²) in [5.74, 6) is -0.290. The zero-order valence-corrected chi connectivity index (χ0v) is 13.2. The van der Waals surface area contributed by atoms with Crippen LogP contribution >= 0.6 is 0 Å². The first-order valence-corrected chi connectivity index (χ1v) is 8.10. The van der Waals surface area contributed by atoms with E-state index in [1.54, 1.807) is 4.57 Å². The minimum absolute atomic E-state index is 0.290. The molecule has 0 unspecified atom stereocenters. The van der Waals surface area contributed by atoms with E-state index in [0.717, 1.165) is 18.4 Å². The van der Waals surface area contributed by atoms with E-state index in [-0.39, 0.29) is 5.76 Å². The summed E-state index contributed by atoms with van der Waals surface area (Å²) in [5.41, 5.74) is 4.32. The van der Waals surface area contributed by atoms with Crippen LogP contribution in [0.5, 0.6) is 0 Å². The summed E-state index contributed by atoms with van der Waals surface area (Å²) in [7, 11) is 2.08. The van der Waals surface area contributed by atoms with Crippen LogP contribution in [0.15, 0.2) is 57.7 Å². The standard InChI is InChI=1S/C19H20N2O2/c1-20(16-11-6-8-14-7-2-3-9-15(14)16)13-21-17-10-4-5-12-18(17)23-19(21)22/h2-5,7,9-10,12,16H,6,8,11,13H2,1H3/t16-/m0/s1. The van der Waals surface area contributed by atoms with Gasteiger partial charge in [0.25, 0.3) is 0 Å². The van der Waals surface area contributed by atoms with Crippen molar-refractivity contribution < 1.29 is 4.42 Å². The van der Waals surface area contributed by atoms with Gasteiger partial charge in [-0.25, -0.2) is 4.79 Å². The Labute approximate surface area is 134 Å². The summed E-state index contributed by atoms with van der Waals surface area (Å²) in [6.45, 7) is 0.537. The molecule has 4 heteroatoms. The van der Waals surface area contributed by atoms with Crippen molar-refractivity contribution in [1.29, 1.82) is 0 Å². The molecule has 1 aromatic heterocycles. The number of aryl methyl sites for hydroxylation is 1. The molecule has 0 spiro atoms. The number of fused-ring (bicyclic) bond motifs is 2. The molecule has 4 rings (SSSR count). The molecular formula is C19H20N2O2. The predicted molar refractivity (Wildman–Crippen MR) is 90.4 cm³/mol. The quantitative estimate of drug-likeness (QED) is 0.742. The van der Waals surface area contributed by atoms with Crippen molar-refractivity contribution in [3.63, 3.8) is 0 Å². The van der Waals surface area contributed by atoms with Crippen molar-refractivity contribution >= 4 is 11.1 Å². The van der Waals surface area contributed by atoms with Gasteiger partial charge in [0.2, 0.25) is 0 Å². The van der Waals surface area contributed by atoms with E-state index in [4.69, 9.17) is 4.42 Å². The first-order chi connectivity index (χ1) is 11.2. The van der Waals surface area contributed by atoms with Crippen molar-refractivity contribution in [3.8, 4) is 0 Å². The Hall–Kier alpha value is -2.33. The summed E-state index contributed by atoms with van der Waals surface area (Å²) < 4.78 is 7.05. The Morgan fingerprint density at radius 2 is 1.96 bits per heavy atom. The van der Waals surface area contributed by atoms with Crippen LogP contribution in [0.1, 0.15) is 30.0 Å². The minimum Gasteiger partial charge on any atom is -0.408 e. The monoisotopic (exact) mass is 308 g/mol. The highest BCUT2D eigenvalue weighted by Gasteiger charge is 2.24. The SMILES string of the molecule is CN(Cn1c(=O)oc2ccccc21)[C@H]1CCCc2ccccc21. The lowest BCUT2D eigenvalue weighted by Crippen LogP contribution is -2.32. The van der Waals surface area contributed by atoms with Gasteiger partial charge in [-0.3, -0.25) is 9.47 Å². The minimum atomic E-state index is -0.290. The molecule has 1 aliphatic carbocycles. The van der Waals surface area contributed by atoms with Crippen molar-refractivity contribution in [2.24, 2.45) is 0 Å². The smallest absolute Gasteiger partial charge is 0.408 e. The highest BCUT2D eigenvalue weighted by Crippen LogP contribution is 2.33. The van der Waals surface area contributed by atoms with Gasteiger partial charge in [0, 0.05) is 6.04 Å². The maximum atomic E-state index is 12.2. The van der Waals surface area contributed by atoms with Gasteiger partial charge in [-0.05, 0) is 49.6 Å². The van der Waals surface area contributed by atoms with Gasteiger partial charge in [0.05, 0.1) is 12.2 Å². The van der Waals surface area contributed by atoms with Crippen LogP contribution in [0.25, 0.3) is 11.1 Å². The number of para-hydroxylation sites is 2. The van der Waals surface area contributed by atoms with E-state index in [1.807, 2.05) is 24.3 Å². The van der Waals surface area contributed by atoms with E-state index < -0.39 is 0 Å². The number of hydrogen-bond acceptors (Lipinski definition) is 3. The molecule has 3 aromatic rings. The highest BCUT2D eigenvalue weighted by molar-refractivity contribution is 5.72. The lowest BCUT2D eigenvalue weighted by atomic mass is 9.87. The van der Waals surface area contributed by atoms with Gasteiger partial charge in [0.15, 0.2) is 5.58 Å². The Morgan fingerprint density at radius 1 is 1.17 bits per heavy atom. The highest BCUT2D eigenvalue weighted by atomic mass is 16.4. The van der Waals surface area contributed by atoms with Crippen molar-refractivity contribution in [2.75, 3.05) is 7.05 Å². The third-order valence-corrected chi connectivity index (χ3v) is 4.81. The van der Waals surface area contributed by atoms with Crippen LogP contribution in [0.3, 0.4) is 0 Å². The Bertz CT molecular complexity index is 894. The van der Waals surface area contributed by atoms with Crippen LogP contribution in [-0.4, -0.2) is 16.5 Å². The van der Waals surface area contributed by atoms with Gasteiger partial charge in [0.1, 0.15) is 0 Å². The molecular weight excluding hydrogens is 288 g/mol. The van der Waals surface area contributed by atoms with E-state index >= 15 is 0 Å². The molecule has 4 nitrogen and oxygen atoms in total. The van der Waals surface area contributed by atoms with Gasteiger partial charge in [-0.2, -0.15) is 0 Å². The molecule has 0 saturated heterocycles. The molecule has 0 bridgehead atoms. The number of aromatic nitrogens is 1. The molecule has 0 radical (unpaired) electrons. The lowest BCUT2D eigenvalue weighted by molar-refractivity contribution is 0.172. The van der Waals surface area contributed by atoms with Crippen LogP contribution in [-0.2, 0) is 13.1 Å². The average molecular weight is 308 g/mol. The first-order valence-electron chi connectivity index (χ1n) is 8.10. The van der Waals surface area contributed by atoms with Gasteiger partial charge < -0.3 is 4.42 Å². The Kier molecular flexibility index (Phi) is 3.54. The second-order valence-electron chi connectivity index (χ2n) is 6.27. The third-order valence-electron chi connectivity index (χ3n) is 4.81. The van der Waals surface area contributed by atoms with Crippen LogP contribution in [0.4, 0.5) is 0 Å². The van der Waals surface area contributed by atoms with Crippen molar-refractivity contribution in [1.82, 2.24) is 9.47 Å². The van der Waals surface area contributed by atoms with Gasteiger partial charge >= 0.3 is 5.76 Å². The molecule has 0 fully saturated rings. The predicted octanol–water partition coefficient (Wildman–Crippen LogP) is 3.56. The van der Waals surface area contributed by atoms with Crippen molar-refractivity contribution in [2.45, 2.75) is 32.0 Å². The molecule has 1 heterocycles. The number of nitrogens with zero attached hydrogens (tertiary/aromatic N) is 2. The Balaban J connectivity index is 1.67. The van der Waals surface area contributed by atoms with E-state index in [0.29, 0.717) is 18.3 Å². The molecule has 0 amide bonds. The summed E-state index contributed by atoms with van der Waals surface area (Å²) in [4.78, 5) is 14.4. The molecule has 118 valence electrons. The molecule has 23 heavy (non-hydrogen) atoms. The second-order valence-corrected chi connectivity index (χ2v) is 6.27. The normalized spacial score (nSPS) is 17.6. The largest absolute Gasteiger partial charge is 0.421 e. The number of benzene rings is 2. The van der Waals surface area contributed by atoms with E-state index in [2.05, 4.69) is 36.2 Å². The van der Waals surface area contributed by atoms with Crippen molar-refractivity contribution in [3.05, 3.63) is 70.2 Å². The lowest BCUT2D eigenvalue weighted by Gasteiger charge is -2.33. The molecule has 0 saturated carbocycles. The fourth-order valence-electron chi connectivity index (χ4n) is 3.66. The van der Waals surface area contributed by atoms with Gasteiger partial charge in [-0.1, -0.05) is 36.4 Å². The topological polar surface area (TPSA) is 38.4 Å². The van der Waals surface area contributed by atoms with Crippen LogP contribution in [0.2, 0.25) is 0 Å². The zero-order valence-electron chi connectivity index (χ0n) is 13.2. The average Bonchev–Trinajstić information content (AvgIpc) is 2.90. The molecule has 1 aliphatic rings. The maximum absolute atomic E-state index is 12.2. The van der Waals surface area contributed by atoms with Crippen LogP contribution in [0, 0.1) is 0 Å². The molecule has 1 atom stereocenters. The number of rotatable bonds is 3. The van der Waals surface area contributed by atoms with Crippen LogP contribution < -0.4 is 5.76 Å². The fourth-order valence-corrected chi connectivity index (χ4v) is 3.66. The molecule has 0 N–H and O–H groups in total. The number of oxazole rings is 1. The van der Waals surface area contributed by atoms with E-state index in [1.165, 1.54) is 17.5 Å². The summed E-state index contributed by atoms with van der Waals surface area (Å²) >= 11 is 0. The first kappa shape index (κ1) is 14.3. The summed E-state index contributed by atoms with van der Waals surface area (Å²) in [6, 6.07) is 16.6. The van der Waals surface area contributed by atoms with E-state index in [9.17, 15) is 4.79 Å². The Morgan fingerprint density at radius 3 is 2.87 bits per heavy atom. The maximum Gasteiger partial charge on any atom is 0.421 e. The molecule has 2 aromatic carbocycles. The zero-order chi connectivity index (χ0) is 15.8. The molecule has 0 aliphatic heterocycles. The second kappa shape index (κ2) is 5.70.